The average Bonchev–Trinajstić information content (AvgIpc) is 2.49. The Kier molecular flexibility index (Phi) is 5.47. The van der Waals surface area contributed by atoms with E-state index >= 15 is 0 Å². The zero-order valence-corrected chi connectivity index (χ0v) is 15.4. The molecule has 1 amide bonds. The molecule has 0 saturated heterocycles. The Balaban J connectivity index is 2.40. The highest BCUT2D eigenvalue weighted by Crippen LogP contribution is 2.29. The van der Waals surface area contributed by atoms with Crippen molar-refractivity contribution in [1.29, 1.82) is 0 Å². The second kappa shape index (κ2) is 7.18. The van der Waals surface area contributed by atoms with Gasteiger partial charge in [-0.3, -0.25) is 9.52 Å². The van der Waals surface area contributed by atoms with Gasteiger partial charge in [0.15, 0.2) is 0 Å². The number of amides is 1. The molecule has 2 aromatic rings. The third kappa shape index (κ3) is 4.58. The number of rotatable bonds is 5. The SMILES string of the molecule is COc1ccc(NC(C)=O)cc1S(=O)(=O)Nc1ccc(I)cc1. The molecule has 6 nitrogen and oxygen atoms in total. The van der Waals surface area contributed by atoms with Crippen molar-refractivity contribution in [2.45, 2.75) is 11.8 Å². The summed E-state index contributed by atoms with van der Waals surface area (Å²) < 4.78 is 33.8. The molecule has 0 unspecified atom stereocenters. The van der Waals surface area contributed by atoms with Crippen molar-refractivity contribution in [3.05, 3.63) is 46.0 Å². The lowest BCUT2D eigenvalue weighted by molar-refractivity contribution is -0.114. The summed E-state index contributed by atoms with van der Waals surface area (Å²) in [5, 5.41) is 2.55. The molecule has 8 heteroatoms. The minimum atomic E-state index is -3.86. The first-order valence-electron chi connectivity index (χ1n) is 6.56. The van der Waals surface area contributed by atoms with Gasteiger partial charge in [-0.15, -0.1) is 0 Å². The molecule has 2 aromatic carbocycles. The predicted octanol–water partition coefficient (Wildman–Crippen LogP) is 3.06. The van der Waals surface area contributed by atoms with Gasteiger partial charge < -0.3 is 10.1 Å². The summed E-state index contributed by atoms with van der Waals surface area (Å²) in [6, 6.07) is 11.4. The zero-order chi connectivity index (χ0) is 17.0. The molecule has 0 aliphatic carbocycles. The van der Waals surface area contributed by atoms with Crippen molar-refractivity contribution in [2.75, 3.05) is 17.1 Å². The van der Waals surface area contributed by atoms with E-state index in [1.54, 1.807) is 30.3 Å². The number of hydrogen-bond donors (Lipinski definition) is 2. The minimum absolute atomic E-state index is 0.0511. The standard InChI is InChI=1S/C15H15IN2O4S/c1-10(19)17-13-7-8-14(22-2)15(9-13)23(20,21)18-12-5-3-11(16)4-6-12/h3-9,18H,1-2H3,(H,17,19). The first kappa shape index (κ1) is 17.5. The van der Waals surface area contributed by atoms with Gasteiger partial charge in [-0.05, 0) is 65.1 Å². The number of benzene rings is 2. The van der Waals surface area contributed by atoms with Gasteiger partial charge in [0.2, 0.25) is 5.91 Å². The van der Waals surface area contributed by atoms with Gasteiger partial charge in [0, 0.05) is 21.9 Å². The van der Waals surface area contributed by atoms with Crippen LogP contribution < -0.4 is 14.8 Å². The number of methoxy groups -OCH3 is 1. The van der Waals surface area contributed by atoms with Gasteiger partial charge in [0.05, 0.1) is 7.11 Å². The molecule has 2 N–H and O–H groups in total. The molecular weight excluding hydrogens is 431 g/mol. The van der Waals surface area contributed by atoms with Crippen LogP contribution in [0, 0.1) is 3.57 Å². The summed E-state index contributed by atoms with van der Waals surface area (Å²) in [4.78, 5) is 11.1. The van der Waals surface area contributed by atoms with Crippen LogP contribution in [0.25, 0.3) is 0 Å². The monoisotopic (exact) mass is 446 g/mol. The molecule has 0 heterocycles. The van der Waals surface area contributed by atoms with Gasteiger partial charge in [-0.25, -0.2) is 8.42 Å². The minimum Gasteiger partial charge on any atom is -0.495 e. The third-order valence-corrected chi connectivity index (χ3v) is 4.99. The van der Waals surface area contributed by atoms with Gasteiger partial charge in [0.1, 0.15) is 10.6 Å². The number of halogens is 1. The largest absolute Gasteiger partial charge is 0.495 e. The van der Waals surface area contributed by atoms with Crippen LogP contribution >= 0.6 is 22.6 Å². The van der Waals surface area contributed by atoms with E-state index in [2.05, 4.69) is 32.6 Å². The zero-order valence-electron chi connectivity index (χ0n) is 12.5. The molecule has 0 fully saturated rings. The topological polar surface area (TPSA) is 84.5 Å². The molecule has 0 radical (unpaired) electrons. The lowest BCUT2D eigenvalue weighted by Gasteiger charge is -2.13. The van der Waals surface area contributed by atoms with E-state index < -0.39 is 10.0 Å². The van der Waals surface area contributed by atoms with E-state index in [-0.39, 0.29) is 16.6 Å². The molecule has 0 aromatic heterocycles. The Morgan fingerprint density at radius 2 is 1.70 bits per heavy atom. The van der Waals surface area contributed by atoms with Crippen molar-refractivity contribution in [3.8, 4) is 5.75 Å². The first-order valence-corrected chi connectivity index (χ1v) is 9.12. The number of anilines is 2. The number of hydrogen-bond acceptors (Lipinski definition) is 4. The molecule has 0 aliphatic rings. The van der Waals surface area contributed by atoms with Crippen molar-refractivity contribution in [2.24, 2.45) is 0 Å². The van der Waals surface area contributed by atoms with E-state index in [0.29, 0.717) is 11.4 Å². The Bertz CT molecular complexity index is 820. The molecule has 2 rings (SSSR count). The van der Waals surface area contributed by atoms with E-state index in [9.17, 15) is 13.2 Å². The summed E-state index contributed by atoms with van der Waals surface area (Å²) in [6.07, 6.45) is 0. The third-order valence-electron chi connectivity index (χ3n) is 2.87. The number of carbonyl (C=O) groups is 1. The summed E-state index contributed by atoms with van der Waals surface area (Å²) in [5.41, 5.74) is 0.818. The van der Waals surface area contributed by atoms with Gasteiger partial charge in [-0.2, -0.15) is 0 Å². The highest BCUT2D eigenvalue weighted by molar-refractivity contribution is 14.1. The number of nitrogens with one attached hydrogen (secondary N) is 2. The van der Waals surface area contributed by atoms with Crippen LogP contribution in [-0.4, -0.2) is 21.4 Å². The maximum absolute atomic E-state index is 12.6. The van der Waals surface area contributed by atoms with Crippen LogP contribution in [0.2, 0.25) is 0 Å². The molecule has 23 heavy (non-hydrogen) atoms. The van der Waals surface area contributed by atoms with Crippen LogP contribution in [0.3, 0.4) is 0 Å². The average molecular weight is 446 g/mol. The molecule has 0 atom stereocenters. The van der Waals surface area contributed by atoms with Crippen LogP contribution in [0.1, 0.15) is 6.92 Å². The molecular formula is C15H15IN2O4S. The molecule has 0 aliphatic heterocycles. The van der Waals surface area contributed by atoms with E-state index in [1.807, 2.05) is 0 Å². The number of carbonyl (C=O) groups excluding carboxylic acids is 1. The summed E-state index contributed by atoms with van der Waals surface area (Å²) >= 11 is 2.13. The summed E-state index contributed by atoms with van der Waals surface area (Å²) in [7, 11) is -2.47. The summed E-state index contributed by atoms with van der Waals surface area (Å²) in [6.45, 7) is 1.35. The van der Waals surface area contributed by atoms with Crippen LogP contribution in [0.15, 0.2) is 47.4 Å². The number of ether oxygens (including phenoxy) is 1. The molecule has 122 valence electrons. The quantitative estimate of drug-likeness (QED) is 0.692. The lowest BCUT2D eigenvalue weighted by Crippen LogP contribution is -2.15. The van der Waals surface area contributed by atoms with E-state index in [4.69, 9.17) is 4.74 Å². The second-order valence-electron chi connectivity index (χ2n) is 4.66. The maximum atomic E-state index is 12.6. The normalized spacial score (nSPS) is 10.9. The van der Waals surface area contributed by atoms with Gasteiger partial charge in [0.25, 0.3) is 10.0 Å². The van der Waals surface area contributed by atoms with Crippen molar-refractivity contribution in [1.82, 2.24) is 0 Å². The van der Waals surface area contributed by atoms with E-state index in [1.165, 1.54) is 26.2 Å². The van der Waals surface area contributed by atoms with Crippen LogP contribution in [0.4, 0.5) is 11.4 Å². The van der Waals surface area contributed by atoms with Crippen molar-refractivity contribution in [3.63, 3.8) is 0 Å². The first-order chi connectivity index (χ1) is 10.8. The predicted molar refractivity (Wildman–Crippen MR) is 97.3 cm³/mol. The Morgan fingerprint density at radius 3 is 2.26 bits per heavy atom. The number of sulfonamides is 1. The van der Waals surface area contributed by atoms with Crippen molar-refractivity contribution >= 4 is 49.9 Å². The lowest BCUT2D eigenvalue weighted by atomic mass is 10.3. The smallest absolute Gasteiger partial charge is 0.265 e. The van der Waals surface area contributed by atoms with Crippen LogP contribution in [-0.2, 0) is 14.8 Å². The fourth-order valence-electron chi connectivity index (χ4n) is 1.90. The Hall–Kier alpha value is -1.81. The summed E-state index contributed by atoms with van der Waals surface area (Å²) in [5.74, 6) is -0.0961. The van der Waals surface area contributed by atoms with Crippen molar-refractivity contribution < 1.29 is 17.9 Å². The molecule has 0 saturated carbocycles. The maximum Gasteiger partial charge on any atom is 0.265 e. The van der Waals surface area contributed by atoms with Gasteiger partial charge in [-0.1, -0.05) is 0 Å². The van der Waals surface area contributed by atoms with Crippen LogP contribution in [0.5, 0.6) is 5.75 Å². The highest BCUT2D eigenvalue weighted by atomic mass is 127. The molecule has 0 bridgehead atoms. The van der Waals surface area contributed by atoms with Gasteiger partial charge >= 0.3 is 0 Å². The highest BCUT2D eigenvalue weighted by Gasteiger charge is 2.20. The Morgan fingerprint density at radius 1 is 1.09 bits per heavy atom. The fraction of sp³-hybridized carbons (Fsp3) is 0.133. The Labute approximate surface area is 148 Å². The van der Waals surface area contributed by atoms with E-state index in [0.717, 1.165) is 3.57 Å². The second-order valence-corrected chi connectivity index (χ2v) is 7.56. The fourth-order valence-corrected chi connectivity index (χ4v) is 3.51. The molecule has 0 spiro atoms.